The maximum absolute atomic E-state index is 12.1. The largest absolute Gasteiger partial charge is 0.496 e. The van der Waals surface area contributed by atoms with E-state index in [0.717, 1.165) is 54.1 Å². The van der Waals surface area contributed by atoms with E-state index < -0.39 is 0 Å². The number of esters is 1. The van der Waals surface area contributed by atoms with Crippen LogP contribution in [0.4, 0.5) is 0 Å². The molecule has 3 rings (SSSR count). The van der Waals surface area contributed by atoms with Gasteiger partial charge < -0.3 is 13.9 Å². The molecule has 2 heterocycles. The van der Waals surface area contributed by atoms with Crippen molar-refractivity contribution in [3.8, 4) is 17.2 Å². The molecule has 1 aliphatic heterocycles. The highest BCUT2D eigenvalue weighted by Gasteiger charge is 2.30. The highest BCUT2D eigenvalue weighted by atomic mass is 16.5. The Morgan fingerprint density at radius 1 is 1.31 bits per heavy atom. The molecule has 6 nitrogen and oxygen atoms in total. The Labute approximate surface area is 154 Å². The van der Waals surface area contributed by atoms with Crippen LogP contribution in [-0.4, -0.2) is 42.7 Å². The lowest BCUT2D eigenvalue weighted by atomic mass is 10.0. The Hall–Kier alpha value is -2.34. The van der Waals surface area contributed by atoms with Gasteiger partial charge in [-0.25, -0.2) is 4.98 Å². The molecule has 0 spiro atoms. The number of hydrogen-bond donors (Lipinski definition) is 0. The average molecular weight is 358 g/mol. The first-order valence-electron chi connectivity index (χ1n) is 8.96. The summed E-state index contributed by atoms with van der Waals surface area (Å²) >= 11 is 0. The van der Waals surface area contributed by atoms with Crippen molar-refractivity contribution in [3.63, 3.8) is 0 Å². The molecule has 0 unspecified atom stereocenters. The number of likely N-dealkylation sites (tertiary alicyclic amines) is 1. The van der Waals surface area contributed by atoms with Gasteiger partial charge in [0.05, 0.1) is 19.9 Å². The minimum atomic E-state index is -0.198. The maximum Gasteiger partial charge on any atom is 0.323 e. The van der Waals surface area contributed by atoms with Gasteiger partial charge in [0, 0.05) is 12.1 Å². The van der Waals surface area contributed by atoms with Crippen molar-refractivity contribution in [2.75, 3.05) is 20.8 Å². The molecule has 0 amide bonds. The molecule has 6 heteroatoms. The number of carbonyl (C=O) groups is 1. The van der Waals surface area contributed by atoms with Gasteiger partial charge in [-0.05, 0) is 57.0 Å². The molecule has 0 radical (unpaired) electrons. The molecular weight excluding hydrogens is 332 g/mol. The van der Waals surface area contributed by atoms with Crippen LogP contribution in [0.1, 0.15) is 36.3 Å². The molecule has 1 aromatic carbocycles. The van der Waals surface area contributed by atoms with Crippen LogP contribution in [0.25, 0.3) is 11.5 Å². The number of piperidine rings is 1. The molecule has 140 valence electrons. The minimum Gasteiger partial charge on any atom is -0.496 e. The lowest BCUT2D eigenvalue weighted by Crippen LogP contribution is -2.44. The average Bonchev–Trinajstić information content (AvgIpc) is 3.02. The summed E-state index contributed by atoms with van der Waals surface area (Å²) in [6.07, 6.45) is 2.95. The number of aromatic nitrogens is 1. The van der Waals surface area contributed by atoms with Gasteiger partial charge in [0.25, 0.3) is 0 Å². The number of rotatable bonds is 5. The van der Waals surface area contributed by atoms with Gasteiger partial charge in [0.2, 0.25) is 5.89 Å². The first kappa shape index (κ1) is 18.5. The van der Waals surface area contributed by atoms with E-state index in [2.05, 4.69) is 9.88 Å². The number of oxazole rings is 1. The van der Waals surface area contributed by atoms with E-state index >= 15 is 0 Å². The molecule has 1 atom stereocenters. The summed E-state index contributed by atoms with van der Waals surface area (Å²) in [7, 11) is 3.10. The van der Waals surface area contributed by atoms with Gasteiger partial charge in [-0.1, -0.05) is 6.42 Å². The van der Waals surface area contributed by atoms with Crippen LogP contribution in [0.5, 0.6) is 5.75 Å². The fourth-order valence-corrected chi connectivity index (χ4v) is 3.49. The topological polar surface area (TPSA) is 64.8 Å². The quantitative estimate of drug-likeness (QED) is 0.762. The zero-order chi connectivity index (χ0) is 18.7. The smallest absolute Gasteiger partial charge is 0.323 e. The van der Waals surface area contributed by atoms with E-state index in [1.54, 1.807) is 7.11 Å². The number of ether oxygens (including phenoxy) is 2. The fourth-order valence-electron chi connectivity index (χ4n) is 3.49. The highest BCUT2D eigenvalue weighted by Crippen LogP contribution is 2.28. The summed E-state index contributed by atoms with van der Waals surface area (Å²) < 4.78 is 16.2. The van der Waals surface area contributed by atoms with Crippen LogP contribution in [-0.2, 0) is 16.1 Å². The van der Waals surface area contributed by atoms with E-state index in [9.17, 15) is 4.79 Å². The molecule has 0 bridgehead atoms. The van der Waals surface area contributed by atoms with Crippen LogP contribution >= 0.6 is 0 Å². The Balaban J connectivity index is 1.81. The van der Waals surface area contributed by atoms with Gasteiger partial charge >= 0.3 is 5.97 Å². The van der Waals surface area contributed by atoms with Gasteiger partial charge in [0.1, 0.15) is 17.6 Å². The van der Waals surface area contributed by atoms with Crippen molar-refractivity contribution in [3.05, 3.63) is 35.2 Å². The van der Waals surface area contributed by atoms with E-state index in [1.165, 1.54) is 7.11 Å². The monoisotopic (exact) mass is 358 g/mol. The van der Waals surface area contributed by atoms with Crippen LogP contribution in [0, 0.1) is 13.8 Å². The van der Waals surface area contributed by atoms with Crippen LogP contribution < -0.4 is 4.74 Å². The summed E-state index contributed by atoms with van der Waals surface area (Å²) in [6, 6.07) is 5.67. The Kier molecular flexibility index (Phi) is 5.61. The van der Waals surface area contributed by atoms with Crippen LogP contribution in [0.3, 0.4) is 0 Å². The highest BCUT2D eigenvalue weighted by molar-refractivity contribution is 5.75. The number of nitrogens with zero attached hydrogens (tertiary/aromatic N) is 2. The molecule has 26 heavy (non-hydrogen) atoms. The van der Waals surface area contributed by atoms with Crippen LogP contribution in [0.15, 0.2) is 22.6 Å². The number of hydrogen-bond acceptors (Lipinski definition) is 6. The molecule has 1 saturated heterocycles. The van der Waals surface area contributed by atoms with Crippen molar-refractivity contribution < 1.29 is 18.7 Å². The molecule has 0 aliphatic carbocycles. The van der Waals surface area contributed by atoms with Gasteiger partial charge in [0.15, 0.2) is 0 Å². The van der Waals surface area contributed by atoms with Crippen molar-refractivity contribution in [2.45, 2.75) is 45.7 Å². The first-order chi connectivity index (χ1) is 12.5. The molecule has 1 aliphatic rings. The van der Waals surface area contributed by atoms with Crippen molar-refractivity contribution in [2.24, 2.45) is 0 Å². The molecule has 1 fully saturated rings. The van der Waals surface area contributed by atoms with E-state index in [-0.39, 0.29) is 12.0 Å². The fraction of sp³-hybridized carbons (Fsp3) is 0.500. The minimum absolute atomic E-state index is 0.170. The number of aryl methyl sites for hydroxylation is 2. The predicted molar refractivity (Wildman–Crippen MR) is 98.0 cm³/mol. The zero-order valence-electron chi connectivity index (χ0n) is 15.9. The van der Waals surface area contributed by atoms with Gasteiger partial charge in [-0.15, -0.1) is 0 Å². The molecule has 1 aromatic heterocycles. The molecule has 0 N–H and O–H groups in total. The summed E-state index contributed by atoms with van der Waals surface area (Å²) in [5.74, 6) is 2.04. The first-order valence-corrected chi connectivity index (χ1v) is 8.96. The summed E-state index contributed by atoms with van der Waals surface area (Å²) in [5.41, 5.74) is 2.81. The Morgan fingerprint density at radius 3 is 2.81 bits per heavy atom. The Morgan fingerprint density at radius 2 is 2.12 bits per heavy atom. The number of benzene rings is 1. The third-order valence-electron chi connectivity index (χ3n) is 4.97. The second-order valence-electron chi connectivity index (χ2n) is 6.71. The third-order valence-corrected chi connectivity index (χ3v) is 4.97. The number of methoxy groups -OCH3 is 2. The Bertz CT molecular complexity index is 784. The molecule has 2 aromatic rings. The standard InChI is InChI=1S/C20H26N2O4/c1-13-11-15(8-9-18(13)24-3)19-21-16(14(2)26-19)12-22-10-6-5-7-17(22)20(23)25-4/h8-9,11,17H,5-7,10,12H2,1-4H3/t17-/m1/s1. The second kappa shape index (κ2) is 7.91. The second-order valence-corrected chi connectivity index (χ2v) is 6.71. The third kappa shape index (κ3) is 3.75. The molecular formula is C20H26N2O4. The van der Waals surface area contributed by atoms with Crippen molar-refractivity contribution in [1.29, 1.82) is 0 Å². The summed E-state index contributed by atoms with van der Waals surface area (Å²) in [5, 5.41) is 0. The normalized spacial score (nSPS) is 17.9. The maximum atomic E-state index is 12.1. The summed E-state index contributed by atoms with van der Waals surface area (Å²) in [6.45, 7) is 5.36. The molecule has 0 saturated carbocycles. The predicted octanol–water partition coefficient (Wildman–Crippen LogP) is 3.49. The lowest BCUT2D eigenvalue weighted by molar-refractivity contribution is -0.148. The number of carbonyl (C=O) groups excluding carboxylic acids is 1. The lowest BCUT2D eigenvalue weighted by Gasteiger charge is -2.33. The van der Waals surface area contributed by atoms with Crippen molar-refractivity contribution in [1.82, 2.24) is 9.88 Å². The van der Waals surface area contributed by atoms with E-state index in [0.29, 0.717) is 12.4 Å². The zero-order valence-corrected chi connectivity index (χ0v) is 15.9. The summed E-state index contributed by atoms with van der Waals surface area (Å²) in [4.78, 5) is 18.9. The van der Waals surface area contributed by atoms with E-state index in [4.69, 9.17) is 13.9 Å². The van der Waals surface area contributed by atoms with Crippen molar-refractivity contribution >= 4 is 5.97 Å². The SMILES string of the molecule is COC(=O)[C@H]1CCCCN1Cc1nc(-c2ccc(OC)c(C)c2)oc1C. The van der Waals surface area contributed by atoms with Gasteiger partial charge in [-0.3, -0.25) is 9.69 Å². The van der Waals surface area contributed by atoms with E-state index in [1.807, 2.05) is 32.0 Å². The van der Waals surface area contributed by atoms with Crippen LogP contribution in [0.2, 0.25) is 0 Å². The van der Waals surface area contributed by atoms with Gasteiger partial charge in [-0.2, -0.15) is 0 Å².